The Hall–Kier alpha value is -2.65. The topological polar surface area (TPSA) is 144 Å². The first-order valence-corrected chi connectivity index (χ1v) is 9.33. The molecule has 2 aliphatic rings. The Morgan fingerprint density at radius 3 is 2.46 bits per heavy atom. The van der Waals surface area contributed by atoms with Gasteiger partial charge >= 0.3 is 5.97 Å². The molecule has 0 saturated carbocycles. The number of phenols is 1. The summed E-state index contributed by atoms with van der Waals surface area (Å²) in [5.41, 5.74) is 6.85. The molecule has 9 heteroatoms. The minimum Gasteiger partial charge on any atom is -0.508 e. The Balaban J connectivity index is 1.69. The second-order valence-electron chi connectivity index (χ2n) is 7.40. The molecule has 5 N–H and O–H groups in total. The maximum absolute atomic E-state index is 12.9. The Bertz CT molecular complexity index is 753. The minimum atomic E-state index is -1.16. The molecule has 1 aromatic rings. The number of aliphatic hydroxyl groups is 1. The van der Waals surface area contributed by atoms with E-state index in [4.69, 9.17) is 5.73 Å². The van der Waals surface area contributed by atoms with Gasteiger partial charge in [-0.1, -0.05) is 12.1 Å². The molecule has 0 aliphatic carbocycles. The van der Waals surface area contributed by atoms with Crippen LogP contribution < -0.4 is 5.73 Å². The highest BCUT2D eigenvalue weighted by molar-refractivity contribution is 5.92. The number of likely N-dealkylation sites (tertiary alicyclic amines) is 2. The molecule has 0 aromatic heterocycles. The van der Waals surface area contributed by atoms with E-state index in [1.54, 1.807) is 12.1 Å². The molecule has 0 radical (unpaired) electrons. The van der Waals surface area contributed by atoms with Gasteiger partial charge in [-0.2, -0.15) is 0 Å². The molecule has 28 heavy (non-hydrogen) atoms. The summed E-state index contributed by atoms with van der Waals surface area (Å²) in [6.45, 7) is 0.334. The van der Waals surface area contributed by atoms with Crippen molar-refractivity contribution in [3.8, 4) is 5.75 Å². The van der Waals surface area contributed by atoms with Crippen molar-refractivity contribution in [2.75, 3.05) is 13.1 Å². The number of aromatic hydroxyl groups is 1. The second-order valence-corrected chi connectivity index (χ2v) is 7.40. The zero-order valence-corrected chi connectivity index (χ0v) is 15.4. The Kier molecular flexibility index (Phi) is 5.85. The van der Waals surface area contributed by atoms with E-state index >= 15 is 0 Å². The van der Waals surface area contributed by atoms with E-state index < -0.39 is 36.1 Å². The van der Waals surface area contributed by atoms with Gasteiger partial charge in [-0.15, -0.1) is 0 Å². The summed E-state index contributed by atoms with van der Waals surface area (Å²) in [5.74, 6) is -1.86. The van der Waals surface area contributed by atoms with Crippen LogP contribution >= 0.6 is 0 Å². The summed E-state index contributed by atoms with van der Waals surface area (Å²) >= 11 is 0. The Morgan fingerprint density at radius 2 is 1.82 bits per heavy atom. The molecule has 2 aliphatic heterocycles. The Morgan fingerprint density at radius 1 is 1.14 bits per heavy atom. The van der Waals surface area contributed by atoms with Gasteiger partial charge in [-0.05, 0) is 37.0 Å². The van der Waals surface area contributed by atoms with E-state index in [1.807, 2.05) is 0 Å². The van der Waals surface area contributed by atoms with Gasteiger partial charge in [0.2, 0.25) is 11.8 Å². The number of aliphatic carboxylic acids is 1. The number of rotatable bonds is 5. The molecule has 9 nitrogen and oxygen atoms in total. The SMILES string of the molecule is N[C@@H](Cc1ccc(O)cc1)C(=O)N1CCC[C@H]1C(=O)N1C[C@H](O)C[C@H]1C(=O)O. The number of carbonyl (C=O) groups is 3. The number of benzene rings is 1. The summed E-state index contributed by atoms with van der Waals surface area (Å²) in [7, 11) is 0. The molecule has 2 fully saturated rings. The van der Waals surface area contributed by atoms with E-state index in [0.29, 0.717) is 19.4 Å². The number of hydrogen-bond acceptors (Lipinski definition) is 6. The maximum Gasteiger partial charge on any atom is 0.326 e. The van der Waals surface area contributed by atoms with Crippen molar-refractivity contribution in [1.29, 1.82) is 0 Å². The first kappa shape index (κ1) is 20.1. The third kappa shape index (κ3) is 4.10. The number of β-amino-alcohol motifs (C(OH)–C–C–N with tert-alkyl or cyclic N) is 1. The highest BCUT2D eigenvalue weighted by Crippen LogP contribution is 2.26. The third-order valence-electron chi connectivity index (χ3n) is 5.38. The number of carbonyl (C=O) groups excluding carboxylic acids is 2. The summed E-state index contributed by atoms with van der Waals surface area (Å²) in [5, 5.41) is 28.4. The fourth-order valence-corrected chi connectivity index (χ4v) is 3.96. The molecular formula is C19H25N3O6. The number of aliphatic hydroxyl groups excluding tert-OH is 1. The molecule has 3 rings (SSSR count). The average Bonchev–Trinajstić information content (AvgIpc) is 3.29. The number of nitrogens with zero attached hydrogens (tertiary/aromatic N) is 2. The highest BCUT2D eigenvalue weighted by atomic mass is 16.4. The van der Waals surface area contributed by atoms with Gasteiger partial charge in [0.05, 0.1) is 12.1 Å². The predicted octanol–water partition coefficient (Wildman–Crippen LogP) is -0.701. The summed E-state index contributed by atoms with van der Waals surface area (Å²) in [4.78, 5) is 39.8. The lowest BCUT2D eigenvalue weighted by Gasteiger charge is -2.31. The van der Waals surface area contributed by atoms with Crippen LogP contribution in [-0.4, -0.2) is 80.2 Å². The number of carboxylic acid groups (broad SMARTS) is 1. The smallest absolute Gasteiger partial charge is 0.326 e. The predicted molar refractivity (Wildman–Crippen MR) is 98.3 cm³/mol. The summed E-state index contributed by atoms with van der Waals surface area (Å²) in [6, 6.07) is 3.70. The van der Waals surface area contributed by atoms with Gasteiger partial charge in [0, 0.05) is 19.5 Å². The standard InChI is InChI=1S/C19H25N3O6/c20-14(8-11-3-5-12(23)6-4-11)17(25)21-7-1-2-15(21)18(26)22-10-13(24)9-16(22)19(27)28/h3-6,13-16,23-24H,1-2,7-10,20H2,(H,27,28)/t13-,14+,15+,16+/m1/s1. The lowest BCUT2D eigenvalue weighted by atomic mass is 10.0. The van der Waals surface area contributed by atoms with E-state index in [1.165, 1.54) is 17.0 Å². The normalized spacial score (nSPS) is 25.7. The minimum absolute atomic E-state index is 0.0118. The molecule has 0 bridgehead atoms. The largest absolute Gasteiger partial charge is 0.508 e. The zero-order valence-electron chi connectivity index (χ0n) is 15.4. The molecule has 1 aromatic carbocycles. The average molecular weight is 391 g/mol. The van der Waals surface area contributed by atoms with Crippen molar-refractivity contribution in [3.05, 3.63) is 29.8 Å². The van der Waals surface area contributed by atoms with E-state index in [2.05, 4.69) is 0 Å². The molecule has 0 unspecified atom stereocenters. The van der Waals surface area contributed by atoms with Crippen LogP contribution in [0.4, 0.5) is 0 Å². The first-order valence-electron chi connectivity index (χ1n) is 9.33. The van der Waals surface area contributed by atoms with Gasteiger partial charge < -0.3 is 30.9 Å². The second kappa shape index (κ2) is 8.15. The van der Waals surface area contributed by atoms with Gasteiger partial charge in [0.25, 0.3) is 0 Å². The summed E-state index contributed by atoms with van der Waals surface area (Å²) < 4.78 is 0. The fraction of sp³-hybridized carbons (Fsp3) is 0.526. The van der Waals surface area contributed by atoms with Crippen LogP contribution in [0.15, 0.2) is 24.3 Å². The van der Waals surface area contributed by atoms with Crippen molar-refractivity contribution in [1.82, 2.24) is 9.80 Å². The van der Waals surface area contributed by atoms with Crippen molar-refractivity contribution in [3.63, 3.8) is 0 Å². The maximum atomic E-state index is 12.9. The first-order chi connectivity index (χ1) is 13.3. The molecule has 2 heterocycles. The number of hydrogen-bond donors (Lipinski definition) is 4. The van der Waals surface area contributed by atoms with E-state index in [-0.39, 0.29) is 31.0 Å². The summed E-state index contributed by atoms with van der Waals surface area (Å²) in [6.07, 6.45) is 0.434. The molecule has 0 spiro atoms. The quantitative estimate of drug-likeness (QED) is 0.519. The van der Waals surface area contributed by atoms with Gasteiger partial charge in [0.1, 0.15) is 17.8 Å². The lowest BCUT2D eigenvalue weighted by Crippen LogP contribution is -2.54. The van der Waals surface area contributed by atoms with Crippen molar-refractivity contribution in [2.24, 2.45) is 5.73 Å². The van der Waals surface area contributed by atoms with Gasteiger partial charge in [0.15, 0.2) is 0 Å². The molecule has 2 amide bonds. The Labute approximate surface area is 162 Å². The lowest BCUT2D eigenvalue weighted by molar-refractivity contribution is -0.152. The van der Waals surface area contributed by atoms with Crippen LogP contribution in [0.2, 0.25) is 0 Å². The number of nitrogens with two attached hydrogens (primary N) is 1. The van der Waals surface area contributed by atoms with Crippen LogP contribution in [0.5, 0.6) is 5.75 Å². The zero-order chi connectivity index (χ0) is 20.4. The van der Waals surface area contributed by atoms with Gasteiger partial charge in [-0.3, -0.25) is 9.59 Å². The van der Waals surface area contributed by atoms with Crippen LogP contribution in [0.25, 0.3) is 0 Å². The number of carboxylic acids is 1. The number of phenolic OH excluding ortho intramolecular Hbond substituents is 1. The number of amides is 2. The van der Waals surface area contributed by atoms with Crippen LogP contribution in [0.1, 0.15) is 24.8 Å². The molecule has 4 atom stereocenters. The van der Waals surface area contributed by atoms with Gasteiger partial charge in [-0.25, -0.2) is 4.79 Å². The van der Waals surface area contributed by atoms with Crippen LogP contribution in [-0.2, 0) is 20.8 Å². The van der Waals surface area contributed by atoms with Crippen LogP contribution in [0.3, 0.4) is 0 Å². The van der Waals surface area contributed by atoms with E-state index in [9.17, 15) is 29.7 Å². The monoisotopic (exact) mass is 391 g/mol. The van der Waals surface area contributed by atoms with Crippen molar-refractivity contribution < 1.29 is 29.7 Å². The third-order valence-corrected chi connectivity index (χ3v) is 5.38. The fourth-order valence-electron chi connectivity index (χ4n) is 3.96. The van der Waals surface area contributed by atoms with Crippen LogP contribution in [0, 0.1) is 0 Å². The molecule has 152 valence electrons. The molecular weight excluding hydrogens is 366 g/mol. The van der Waals surface area contributed by atoms with Crippen molar-refractivity contribution >= 4 is 17.8 Å². The van der Waals surface area contributed by atoms with E-state index in [0.717, 1.165) is 10.5 Å². The highest BCUT2D eigenvalue weighted by Gasteiger charge is 2.45. The van der Waals surface area contributed by atoms with Crippen molar-refractivity contribution in [2.45, 2.75) is 49.9 Å². The molecule has 2 saturated heterocycles.